The van der Waals surface area contributed by atoms with E-state index >= 15 is 0 Å². The normalized spacial score (nSPS) is 17.0. The van der Waals surface area contributed by atoms with Crippen LogP contribution in [0.2, 0.25) is 0 Å². The number of amides is 2. The summed E-state index contributed by atoms with van der Waals surface area (Å²) < 4.78 is 38.6. The van der Waals surface area contributed by atoms with Gasteiger partial charge in [-0.2, -0.15) is 13.2 Å². The molecule has 1 aliphatic rings. The predicted molar refractivity (Wildman–Crippen MR) is 106 cm³/mol. The average molecular weight is 405 g/mol. The van der Waals surface area contributed by atoms with Gasteiger partial charge in [0.1, 0.15) is 0 Å². The highest BCUT2D eigenvalue weighted by molar-refractivity contribution is 5.74. The lowest BCUT2D eigenvalue weighted by molar-refractivity contribution is -0.137. The number of nitrogens with one attached hydrogen (secondary N) is 2. The largest absolute Gasteiger partial charge is 0.416 e. The van der Waals surface area contributed by atoms with Crippen molar-refractivity contribution in [3.8, 4) is 0 Å². The van der Waals surface area contributed by atoms with Gasteiger partial charge in [0.05, 0.1) is 11.6 Å². The molecule has 1 fully saturated rings. The first kappa shape index (κ1) is 21.2. The van der Waals surface area contributed by atoms with E-state index in [4.69, 9.17) is 0 Å². The van der Waals surface area contributed by atoms with E-state index in [0.29, 0.717) is 5.56 Å². The summed E-state index contributed by atoms with van der Waals surface area (Å²) in [6.07, 6.45) is -2.71. The van der Waals surface area contributed by atoms with Gasteiger partial charge in [0.2, 0.25) is 0 Å². The SMILES string of the molecule is CC(NC(=O)NC1CCN(Cc2ccccc2)CC1)c1cccc(C(F)(F)F)c1. The molecule has 156 valence electrons. The number of urea groups is 1. The topological polar surface area (TPSA) is 44.4 Å². The molecule has 4 nitrogen and oxygen atoms in total. The summed E-state index contributed by atoms with van der Waals surface area (Å²) in [7, 11) is 0. The van der Waals surface area contributed by atoms with Gasteiger partial charge in [-0.3, -0.25) is 4.90 Å². The molecule has 1 aliphatic heterocycles. The first-order chi connectivity index (χ1) is 13.8. The Balaban J connectivity index is 1.45. The predicted octanol–water partition coefficient (Wildman–Crippen LogP) is 4.73. The lowest BCUT2D eigenvalue weighted by Crippen LogP contribution is -2.48. The fourth-order valence-electron chi connectivity index (χ4n) is 3.57. The van der Waals surface area contributed by atoms with Gasteiger partial charge in [-0.1, -0.05) is 42.5 Å². The Hall–Kier alpha value is -2.54. The monoisotopic (exact) mass is 405 g/mol. The lowest BCUT2D eigenvalue weighted by Gasteiger charge is -2.32. The zero-order chi connectivity index (χ0) is 20.9. The zero-order valence-corrected chi connectivity index (χ0v) is 16.4. The van der Waals surface area contributed by atoms with Gasteiger partial charge in [0, 0.05) is 25.7 Å². The average Bonchev–Trinajstić information content (AvgIpc) is 2.69. The Bertz CT molecular complexity index is 802. The van der Waals surface area contributed by atoms with Crippen molar-refractivity contribution >= 4 is 6.03 Å². The number of rotatable bonds is 5. The molecule has 1 unspecified atom stereocenters. The minimum atomic E-state index is -4.40. The lowest BCUT2D eigenvalue weighted by atomic mass is 10.0. The van der Waals surface area contributed by atoms with Crippen molar-refractivity contribution in [2.24, 2.45) is 0 Å². The van der Waals surface area contributed by atoms with Crippen molar-refractivity contribution in [2.45, 2.75) is 44.6 Å². The number of carbonyl (C=O) groups is 1. The Morgan fingerprint density at radius 2 is 1.79 bits per heavy atom. The quantitative estimate of drug-likeness (QED) is 0.755. The van der Waals surface area contributed by atoms with Crippen LogP contribution in [-0.2, 0) is 12.7 Å². The minimum absolute atomic E-state index is 0.0655. The van der Waals surface area contributed by atoms with Crippen LogP contribution in [0.1, 0.15) is 42.5 Å². The van der Waals surface area contributed by atoms with Crippen molar-refractivity contribution in [1.29, 1.82) is 0 Å². The molecule has 0 spiro atoms. The fraction of sp³-hybridized carbons (Fsp3) is 0.409. The Morgan fingerprint density at radius 1 is 1.10 bits per heavy atom. The molecule has 2 aromatic rings. The van der Waals surface area contributed by atoms with E-state index < -0.39 is 17.8 Å². The summed E-state index contributed by atoms with van der Waals surface area (Å²) >= 11 is 0. The van der Waals surface area contributed by atoms with E-state index in [1.54, 1.807) is 13.0 Å². The number of hydrogen-bond donors (Lipinski definition) is 2. The summed E-state index contributed by atoms with van der Waals surface area (Å²) in [6, 6.07) is 14.5. The fourth-order valence-corrected chi connectivity index (χ4v) is 3.57. The Morgan fingerprint density at radius 3 is 2.45 bits per heavy atom. The second-order valence-corrected chi connectivity index (χ2v) is 7.50. The van der Waals surface area contributed by atoms with E-state index in [2.05, 4.69) is 27.7 Å². The molecule has 0 bridgehead atoms. The van der Waals surface area contributed by atoms with Crippen LogP contribution in [-0.4, -0.2) is 30.1 Å². The third kappa shape index (κ3) is 6.22. The third-order valence-corrected chi connectivity index (χ3v) is 5.23. The van der Waals surface area contributed by atoms with Crippen molar-refractivity contribution < 1.29 is 18.0 Å². The van der Waals surface area contributed by atoms with Gasteiger partial charge in [-0.05, 0) is 43.0 Å². The van der Waals surface area contributed by atoms with Crippen LogP contribution in [0.5, 0.6) is 0 Å². The molecule has 2 amide bonds. The minimum Gasteiger partial charge on any atom is -0.335 e. The van der Waals surface area contributed by atoms with Crippen LogP contribution < -0.4 is 10.6 Å². The number of alkyl halides is 3. The molecule has 7 heteroatoms. The van der Waals surface area contributed by atoms with Crippen LogP contribution >= 0.6 is 0 Å². The number of halogens is 3. The third-order valence-electron chi connectivity index (χ3n) is 5.23. The van der Waals surface area contributed by atoms with Gasteiger partial charge in [0.25, 0.3) is 0 Å². The number of benzene rings is 2. The van der Waals surface area contributed by atoms with Gasteiger partial charge < -0.3 is 10.6 Å². The molecule has 0 aromatic heterocycles. The first-order valence-electron chi connectivity index (χ1n) is 9.82. The maximum absolute atomic E-state index is 12.9. The number of piperidine rings is 1. The van der Waals surface area contributed by atoms with E-state index in [9.17, 15) is 18.0 Å². The van der Waals surface area contributed by atoms with Crippen molar-refractivity contribution in [1.82, 2.24) is 15.5 Å². The number of nitrogens with zero attached hydrogens (tertiary/aromatic N) is 1. The number of likely N-dealkylation sites (tertiary alicyclic amines) is 1. The molecule has 1 saturated heterocycles. The summed E-state index contributed by atoms with van der Waals surface area (Å²) in [6.45, 7) is 4.36. The maximum atomic E-state index is 12.9. The maximum Gasteiger partial charge on any atom is 0.416 e. The van der Waals surface area contributed by atoms with E-state index in [-0.39, 0.29) is 12.1 Å². The summed E-state index contributed by atoms with van der Waals surface area (Å²) in [5.74, 6) is 0. The molecular formula is C22H26F3N3O. The summed E-state index contributed by atoms with van der Waals surface area (Å²) in [4.78, 5) is 14.6. The van der Waals surface area contributed by atoms with E-state index in [1.807, 2.05) is 18.2 Å². The Labute approximate surface area is 169 Å². The molecule has 1 atom stereocenters. The second-order valence-electron chi connectivity index (χ2n) is 7.50. The number of hydrogen-bond acceptors (Lipinski definition) is 2. The van der Waals surface area contributed by atoms with Gasteiger partial charge in [-0.15, -0.1) is 0 Å². The van der Waals surface area contributed by atoms with Crippen molar-refractivity contribution in [2.75, 3.05) is 13.1 Å². The van der Waals surface area contributed by atoms with Crippen LogP contribution in [0.15, 0.2) is 54.6 Å². The molecule has 0 saturated carbocycles. The molecule has 1 heterocycles. The standard InChI is InChI=1S/C22H26F3N3O/c1-16(18-8-5-9-19(14-18)22(23,24)25)26-21(29)27-20-10-12-28(13-11-20)15-17-6-3-2-4-7-17/h2-9,14,16,20H,10-13,15H2,1H3,(H2,26,27,29). The molecule has 0 aliphatic carbocycles. The van der Waals surface area contributed by atoms with Gasteiger partial charge >= 0.3 is 12.2 Å². The zero-order valence-electron chi connectivity index (χ0n) is 16.4. The Kier molecular flexibility index (Phi) is 6.79. The summed E-state index contributed by atoms with van der Waals surface area (Å²) in [5.41, 5.74) is 0.981. The highest BCUT2D eigenvalue weighted by Gasteiger charge is 2.31. The summed E-state index contributed by atoms with van der Waals surface area (Å²) in [5, 5.41) is 5.69. The van der Waals surface area contributed by atoms with Crippen LogP contribution in [0.4, 0.5) is 18.0 Å². The number of carbonyl (C=O) groups excluding carboxylic acids is 1. The molecular weight excluding hydrogens is 379 g/mol. The van der Waals surface area contributed by atoms with Crippen LogP contribution in [0.25, 0.3) is 0 Å². The van der Waals surface area contributed by atoms with Gasteiger partial charge in [0.15, 0.2) is 0 Å². The second kappa shape index (κ2) is 9.31. The van der Waals surface area contributed by atoms with Crippen molar-refractivity contribution in [3.05, 3.63) is 71.3 Å². The molecule has 3 rings (SSSR count). The molecule has 0 radical (unpaired) electrons. The smallest absolute Gasteiger partial charge is 0.335 e. The van der Waals surface area contributed by atoms with Gasteiger partial charge in [-0.25, -0.2) is 4.79 Å². The highest BCUT2D eigenvalue weighted by atomic mass is 19.4. The highest BCUT2D eigenvalue weighted by Crippen LogP contribution is 2.30. The molecule has 29 heavy (non-hydrogen) atoms. The van der Waals surface area contributed by atoms with E-state index in [0.717, 1.165) is 44.6 Å². The first-order valence-corrected chi connectivity index (χ1v) is 9.82. The van der Waals surface area contributed by atoms with Crippen LogP contribution in [0, 0.1) is 0 Å². The van der Waals surface area contributed by atoms with E-state index in [1.165, 1.54) is 11.6 Å². The molecule has 2 aromatic carbocycles. The molecule has 2 N–H and O–H groups in total. The van der Waals surface area contributed by atoms with Crippen LogP contribution in [0.3, 0.4) is 0 Å². The van der Waals surface area contributed by atoms with Crippen molar-refractivity contribution in [3.63, 3.8) is 0 Å².